The number of rotatable bonds is 7. The smallest absolute Gasteiger partial charge is 0.436 e. The zero-order chi connectivity index (χ0) is 13.4. The monoisotopic (exact) mass is 274 g/mol. The van der Waals surface area contributed by atoms with Gasteiger partial charge < -0.3 is 18.0 Å². The van der Waals surface area contributed by atoms with Crippen LogP contribution in [0.25, 0.3) is 0 Å². The average Bonchev–Trinajstić information content (AvgIpc) is 2.44. The lowest BCUT2D eigenvalue weighted by molar-refractivity contribution is -0.146. The lowest BCUT2D eigenvalue weighted by Crippen LogP contribution is -2.49. The Morgan fingerprint density at radius 2 is 1.89 bits per heavy atom. The van der Waals surface area contributed by atoms with Crippen molar-refractivity contribution in [1.29, 1.82) is 0 Å². The summed E-state index contributed by atoms with van der Waals surface area (Å²) in [6.45, 7) is 3.18. The third-order valence-corrected chi connectivity index (χ3v) is 6.54. The van der Waals surface area contributed by atoms with Crippen LogP contribution >= 0.6 is 0 Å². The second-order valence-electron chi connectivity index (χ2n) is 4.28. The van der Waals surface area contributed by atoms with E-state index in [0.29, 0.717) is 5.54 Å². The molecule has 0 radical (unpaired) electrons. The highest BCUT2D eigenvalue weighted by Crippen LogP contribution is 2.38. The Bertz CT molecular complexity index is 272. The van der Waals surface area contributed by atoms with Crippen LogP contribution in [0.2, 0.25) is 5.54 Å². The Morgan fingerprint density at radius 1 is 1.28 bits per heavy atom. The molecule has 1 fully saturated rings. The van der Waals surface area contributed by atoms with Crippen molar-refractivity contribution in [2.24, 2.45) is 0 Å². The van der Waals surface area contributed by atoms with E-state index in [1.54, 1.807) is 14.2 Å². The number of carbonyl (C=O) groups excluding carboxylic acids is 1. The van der Waals surface area contributed by atoms with Crippen molar-refractivity contribution in [2.75, 3.05) is 21.0 Å². The first-order valence-corrected chi connectivity index (χ1v) is 8.02. The van der Waals surface area contributed by atoms with Crippen LogP contribution in [0.3, 0.4) is 0 Å². The van der Waals surface area contributed by atoms with Gasteiger partial charge in [-0.1, -0.05) is 25.8 Å². The van der Waals surface area contributed by atoms with Crippen molar-refractivity contribution in [3.63, 3.8) is 0 Å². The summed E-state index contributed by atoms with van der Waals surface area (Å²) in [5.74, 6) is -0.506. The van der Waals surface area contributed by atoms with E-state index in [4.69, 9.17) is 18.0 Å². The van der Waals surface area contributed by atoms with Crippen LogP contribution < -0.4 is 0 Å². The van der Waals surface area contributed by atoms with E-state index in [1.165, 1.54) is 19.3 Å². The van der Waals surface area contributed by atoms with Crippen LogP contribution in [0.4, 0.5) is 0 Å². The summed E-state index contributed by atoms with van der Waals surface area (Å²) in [4.78, 5) is 11.0. The minimum atomic E-state index is -2.73. The maximum atomic E-state index is 11.0. The van der Waals surface area contributed by atoms with Crippen LogP contribution in [0.1, 0.15) is 32.1 Å². The second kappa shape index (κ2) is 7.68. The molecule has 1 rings (SSSR count). The summed E-state index contributed by atoms with van der Waals surface area (Å²) in [5, 5.41) is 0. The van der Waals surface area contributed by atoms with Crippen LogP contribution in [-0.4, -0.2) is 35.8 Å². The Labute approximate surface area is 109 Å². The van der Waals surface area contributed by atoms with Crippen molar-refractivity contribution >= 4 is 14.8 Å². The number of carbonyl (C=O) groups is 1. The molecule has 0 spiro atoms. The zero-order valence-corrected chi connectivity index (χ0v) is 12.1. The van der Waals surface area contributed by atoms with Gasteiger partial charge in [0.15, 0.2) is 6.79 Å². The first-order valence-electron chi connectivity index (χ1n) is 6.22. The predicted octanol–water partition coefficient (Wildman–Crippen LogP) is 2.26. The van der Waals surface area contributed by atoms with Gasteiger partial charge in [0.25, 0.3) is 0 Å². The Balaban J connectivity index is 2.55. The highest BCUT2D eigenvalue weighted by molar-refractivity contribution is 6.62. The van der Waals surface area contributed by atoms with Crippen molar-refractivity contribution in [3.8, 4) is 0 Å². The molecule has 0 aromatic heterocycles. The average molecular weight is 274 g/mol. The van der Waals surface area contributed by atoms with Crippen molar-refractivity contribution in [3.05, 3.63) is 12.7 Å². The molecule has 0 saturated heterocycles. The molecule has 0 amide bonds. The van der Waals surface area contributed by atoms with Gasteiger partial charge in [-0.3, -0.25) is 0 Å². The molecule has 0 bridgehead atoms. The number of hydrogen-bond donors (Lipinski definition) is 0. The fourth-order valence-electron chi connectivity index (χ4n) is 2.34. The maximum Gasteiger partial charge on any atom is 0.506 e. The largest absolute Gasteiger partial charge is 0.506 e. The van der Waals surface area contributed by atoms with Gasteiger partial charge in [-0.05, 0) is 12.8 Å². The molecule has 1 saturated carbocycles. The summed E-state index contributed by atoms with van der Waals surface area (Å²) in [6.07, 6.45) is 6.78. The number of esters is 1. The minimum absolute atomic E-state index is 0.144. The molecule has 1 aliphatic rings. The first kappa shape index (κ1) is 15.4. The molecule has 0 N–H and O–H groups in total. The molecular weight excluding hydrogens is 252 g/mol. The molecule has 0 atom stereocenters. The van der Waals surface area contributed by atoms with E-state index in [9.17, 15) is 4.79 Å². The standard InChI is InChI=1S/C12H22O5Si/c1-4-12(13)16-10-17-18(14-2,15-3)11-8-6-5-7-9-11/h4,11H,1,5-10H2,2-3H3. The van der Waals surface area contributed by atoms with E-state index >= 15 is 0 Å². The highest BCUT2D eigenvalue weighted by Gasteiger charge is 2.48. The molecule has 0 aromatic carbocycles. The molecular formula is C12H22O5Si. The molecule has 18 heavy (non-hydrogen) atoms. The van der Waals surface area contributed by atoms with Gasteiger partial charge in [0.2, 0.25) is 0 Å². The summed E-state index contributed by atoms with van der Waals surface area (Å²) in [6, 6.07) is 0. The van der Waals surface area contributed by atoms with E-state index in [0.717, 1.165) is 18.9 Å². The third-order valence-electron chi connectivity index (χ3n) is 3.30. The van der Waals surface area contributed by atoms with Crippen LogP contribution in [0.15, 0.2) is 12.7 Å². The predicted molar refractivity (Wildman–Crippen MR) is 68.8 cm³/mol. The number of hydrogen-bond acceptors (Lipinski definition) is 5. The maximum absolute atomic E-state index is 11.0. The summed E-state index contributed by atoms with van der Waals surface area (Å²) in [7, 11) is 0.460. The summed E-state index contributed by atoms with van der Waals surface area (Å²) < 4.78 is 21.5. The molecule has 0 aliphatic heterocycles. The van der Waals surface area contributed by atoms with Crippen LogP contribution in [0.5, 0.6) is 0 Å². The highest BCUT2D eigenvalue weighted by atomic mass is 28.4. The van der Waals surface area contributed by atoms with Gasteiger partial charge in [-0.2, -0.15) is 0 Å². The van der Waals surface area contributed by atoms with Crippen LogP contribution in [-0.2, 0) is 22.8 Å². The van der Waals surface area contributed by atoms with Crippen molar-refractivity contribution < 1.29 is 22.8 Å². The molecule has 0 aromatic rings. The fraction of sp³-hybridized carbons (Fsp3) is 0.750. The van der Waals surface area contributed by atoms with Gasteiger partial charge in [-0.25, -0.2) is 4.79 Å². The van der Waals surface area contributed by atoms with Gasteiger partial charge in [0.1, 0.15) is 0 Å². The lowest BCUT2D eigenvalue weighted by atomic mass is 10.0. The number of ether oxygens (including phenoxy) is 1. The van der Waals surface area contributed by atoms with Gasteiger partial charge in [0, 0.05) is 25.8 Å². The van der Waals surface area contributed by atoms with E-state index < -0.39 is 14.8 Å². The van der Waals surface area contributed by atoms with Gasteiger partial charge >= 0.3 is 14.8 Å². The minimum Gasteiger partial charge on any atom is -0.436 e. The van der Waals surface area contributed by atoms with Crippen molar-refractivity contribution in [2.45, 2.75) is 37.6 Å². The van der Waals surface area contributed by atoms with E-state index in [-0.39, 0.29) is 6.79 Å². The van der Waals surface area contributed by atoms with Gasteiger partial charge in [0.05, 0.1) is 0 Å². The molecule has 6 heteroatoms. The summed E-state index contributed by atoms with van der Waals surface area (Å²) >= 11 is 0. The fourth-order valence-corrected chi connectivity index (χ4v) is 4.98. The SMILES string of the molecule is C=CC(=O)OCO[Si](OC)(OC)C1CCCCC1. The third kappa shape index (κ3) is 3.91. The molecule has 1 aliphatic carbocycles. The molecule has 0 unspecified atom stereocenters. The molecule has 0 heterocycles. The molecule has 5 nitrogen and oxygen atoms in total. The first-order chi connectivity index (χ1) is 8.68. The van der Waals surface area contributed by atoms with Gasteiger partial charge in [-0.15, -0.1) is 0 Å². The zero-order valence-electron chi connectivity index (χ0n) is 11.1. The van der Waals surface area contributed by atoms with E-state index in [2.05, 4.69) is 6.58 Å². The topological polar surface area (TPSA) is 54.0 Å². The lowest BCUT2D eigenvalue weighted by Gasteiger charge is -2.35. The Morgan fingerprint density at radius 3 is 2.39 bits per heavy atom. The molecule has 104 valence electrons. The van der Waals surface area contributed by atoms with Crippen LogP contribution in [0, 0.1) is 0 Å². The quantitative estimate of drug-likeness (QED) is 0.308. The normalized spacial score (nSPS) is 17.4. The van der Waals surface area contributed by atoms with Crippen molar-refractivity contribution in [1.82, 2.24) is 0 Å². The summed E-state index contributed by atoms with van der Waals surface area (Å²) in [5.41, 5.74) is 0.295. The Kier molecular flexibility index (Phi) is 6.55. The van der Waals surface area contributed by atoms with E-state index in [1.807, 2.05) is 0 Å². The Hall–Kier alpha value is -0.693. The second-order valence-corrected chi connectivity index (χ2v) is 7.41.